The van der Waals surface area contributed by atoms with Gasteiger partial charge in [-0.25, -0.2) is 4.98 Å². The molecule has 0 saturated carbocycles. The second-order valence-corrected chi connectivity index (χ2v) is 4.68. The largest absolute Gasteiger partial charge is 0.496 e. The van der Waals surface area contributed by atoms with Crippen molar-refractivity contribution in [2.45, 2.75) is 19.9 Å². The zero-order chi connectivity index (χ0) is 15.4. The number of amides is 1. The minimum absolute atomic E-state index is 0.249. The predicted octanol–water partition coefficient (Wildman–Crippen LogP) is 2.23. The van der Waals surface area contributed by atoms with Crippen LogP contribution in [-0.4, -0.2) is 30.1 Å². The number of nitrogens with zero attached hydrogens (tertiary/aromatic N) is 1. The quantitative estimate of drug-likeness (QED) is 0.885. The zero-order valence-corrected chi connectivity index (χ0v) is 12.6. The van der Waals surface area contributed by atoms with Gasteiger partial charge in [0.15, 0.2) is 0 Å². The van der Waals surface area contributed by atoms with Crippen LogP contribution in [0.5, 0.6) is 11.5 Å². The fourth-order valence-corrected chi connectivity index (χ4v) is 2.07. The lowest BCUT2D eigenvalue weighted by Gasteiger charge is -2.15. The highest BCUT2D eigenvalue weighted by molar-refractivity contribution is 5.99. The average molecular weight is 289 g/mol. The van der Waals surface area contributed by atoms with Crippen LogP contribution < -0.4 is 14.8 Å². The van der Waals surface area contributed by atoms with Crippen LogP contribution in [0.25, 0.3) is 0 Å². The van der Waals surface area contributed by atoms with Crippen molar-refractivity contribution in [3.63, 3.8) is 0 Å². The molecule has 0 aliphatic heterocycles. The van der Waals surface area contributed by atoms with Crippen LogP contribution in [0.1, 0.15) is 34.8 Å². The second-order valence-electron chi connectivity index (χ2n) is 4.68. The number of ether oxygens (including phenoxy) is 2. The van der Waals surface area contributed by atoms with E-state index < -0.39 is 0 Å². The first kappa shape index (κ1) is 14.9. The first-order chi connectivity index (χ1) is 10.1. The SMILES string of the molecule is COc1cccc(OC)c1C(=O)N[C@H](C)c1ncc(C)[nH]1. The van der Waals surface area contributed by atoms with Gasteiger partial charge in [-0.1, -0.05) is 6.07 Å². The molecule has 2 N–H and O–H groups in total. The van der Waals surface area contributed by atoms with Gasteiger partial charge in [0.2, 0.25) is 0 Å². The summed E-state index contributed by atoms with van der Waals surface area (Å²) in [5.74, 6) is 1.37. The van der Waals surface area contributed by atoms with Crippen LogP contribution in [-0.2, 0) is 0 Å². The van der Waals surface area contributed by atoms with Crippen molar-refractivity contribution >= 4 is 5.91 Å². The molecule has 1 amide bonds. The van der Waals surface area contributed by atoms with E-state index in [2.05, 4.69) is 15.3 Å². The summed E-state index contributed by atoms with van der Waals surface area (Å²) in [7, 11) is 3.04. The van der Waals surface area contributed by atoms with E-state index in [1.54, 1.807) is 24.4 Å². The highest BCUT2D eigenvalue weighted by atomic mass is 16.5. The molecule has 1 atom stereocenters. The lowest BCUT2D eigenvalue weighted by atomic mass is 10.1. The fraction of sp³-hybridized carbons (Fsp3) is 0.333. The van der Waals surface area contributed by atoms with Crippen molar-refractivity contribution in [3.8, 4) is 11.5 Å². The van der Waals surface area contributed by atoms with E-state index in [1.165, 1.54) is 14.2 Å². The Balaban J connectivity index is 2.24. The number of imidazole rings is 1. The molecule has 0 fully saturated rings. The van der Waals surface area contributed by atoms with E-state index >= 15 is 0 Å². The monoisotopic (exact) mass is 289 g/mol. The van der Waals surface area contributed by atoms with Crippen molar-refractivity contribution in [2.24, 2.45) is 0 Å². The van der Waals surface area contributed by atoms with Crippen molar-refractivity contribution in [2.75, 3.05) is 14.2 Å². The first-order valence-corrected chi connectivity index (χ1v) is 6.60. The number of aromatic amines is 1. The Labute approximate surface area is 123 Å². The van der Waals surface area contributed by atoms with Gasteiger partial charge in [-0.2, -0.15) is 0 Å². The molecule has 2 aromatic rings. The lowest BCUT2D eigenvalue weighted by Crippen LogP contribution is -2.28. The Kier molecular flexibility index (Phi) is 4.47. The Morgan fingerprint density at radius 1 is 1.29 bits per heavy atom. The van der Waals surface area contributed by atoms with Gasteiger partial charge < -0.3 is 19.8 Å². The summed E-state index contributed by atoms with van der Waals surface area (Å²) in [6.45, 7) is 3.77. The normalized spacial score (nSPS) is 11.8. The summed E-state index contributed by atoms with van der Waals surface area (Å²) in [6.07, 6.45) is 1.72. The first-order valence-electron chi connectivity index (χ1n) is 6.60. The van der Waals surface area contributed by atoms with Gasteiger partial charge in [-0.15, -0.1) is 0 Å². The van der Waals surface area contributed by atoms with Crippen molar-refractivity contribution in [1.82, 2.24) is 15.3 Å². The van der Waals surface area contributed by atoms with Crippen LogP contribution in [0.4, 0.5) is 0 Å². The maximum atomic E-state index is 12.5. The third-order valence-corrected chi connectivity index (χ3v) is 3.14. The van der Waals surface area contributed by atoms with Crippen molar-refractivity contribution < 1.29 is 14.3 Å². The Morgan fingerprint density at radius 2 is 1.90 bits per heavy atom. The Bertz CT molecular complexity index is 615. The highest BCUT2D eigenvalue weighted by Crippen LogP contribution is 2.28. The van der Waals surface area contributed by atoms with Crippen LogP contribution in [0.15, 0.2) is 24.4 Å². The number of carbonyl (C=O) groups excluding carboxylic acids is 1. The molecular weight excluding hydrogens is 270 g/mol. The summed E-state index contributed by atoms with van der Waals surface area (Å²) in [4.78, 5) is 19.8. The molecule has 1 aromatic carbocycles. The number of hydrogen-bond donors (Lipinski definition) is 2. The molecule has 21 heavy (non-hydrogen) atoms. The predicted molar refractivity (Wildman–Crippen MR) is 78.8 cm³/mol. The summed E-state index contributed by atoms with van der Waals surface area (Å²) in [6, 6.07) is 4.97. The van der Waals surface area contributed by atoms with Gasteiger partial charge in [0.05, 0.1) is 20.3 Å². The van der Waals surface area contributed by atoms with E-state index in [0.717, 1.165) is 5.69 Å². The average Bonchev–Trinajstić information content (AvgIpc) is 2.92. The number of rotatable bonds is 5. The van der Waals surface area contributed by atoms with Gasteiger partial charge in [0.25, 0.3) is 5.91 Å². The van der Waals surface area contributed by atoms with Crippen molar-refractivity contribution in [1.29, 1.82) is 0 Å². The van der Waals surface area contributed by atoms with Gasteiger partial charge in [-0.3, -0.25) is 4.79 Å². The maximum Gasteiger partial charge on any atom is 0.259 e. The summed E-state index contributed by atoms with van der Waals surface area (Å²) in [5.41, 5.74) is 1.32. The third kappa shape index (κ3) is 3.16. The van der Waals surface area contributed by atoms with Gasteiger partial charge in [0, 0.05) is 11.9 Å². The Hall–Kier alpha value is -2.50. The van der Waals surface area contributed by atoms with Crippen LogP contribution in [0.2, 0.25) is 0 Å². The molecule has 0 bridgehead atoms. The second kappa shape index (κ2) is 6.30. The van der Waals surface area contributed by atoms with E-state index in [0.29, 0.717) is 22.9 Å². The van der Waals surface area contributed by atoms with Crippen LogP contribution in [0, 0.1) is 6.92 Å². The number of aromatic nitrogens is 2. The maximum absolute atomic E-state index is 12.5. The number of nitrogens with one attached hydrogen (secondary N) is 2. The standard InChI is InChI=1S/C15H19N3O3/c1-9-8-16-14(17-9)10(2)18-15(19)13-11(20-3)6-5-7-12(13)21-4/h5-8,10H,1-4H3,(H,16,17)(H,18,19)/t10-/m1/s1. The minimum Gasteiger partial charge on any atom is -0.496 e. The molecule has 0 radical (unpaired) electrons. The zero-order valence-electron chi connectivity index (χ0n) is 12.6. The smallest absolute Gasteiger partial charge is 0.259 e. The van der Waals surface area contributed by atoms with Crippen LogP contribution in [0.3, 0.4) is 0 Å². The molecule has 0 spiro atoms. The number of benzene rings is 1. The van der Waals surface area contributed by atoms with Crippen molar-refractivity contribution in [3.05, 3.63) is 41.5 Å². The number of H-pyrrole nitrogens is 1. The fourth-order valence-electron chi connectivity index (χ4n) is 2.07. The molecule has 6 heteroatoms. The number of aryl methyl sites for hydroxylation is 1. The molecule has 112 valence electrons. The van der Waals surface area contributed by atoms with Gasteiger partial charge in [-0.05, 0) is 26.0 Å². The van der Waals surface area contributed by atoms with E-state index in [-0.39, 0.29) is 11.9 Å². The number of hydrogen-bond acceptors (Lipinski definition) is 4. The minimum atomic E-state index is -0.272. The van der Waals surface area contributed by atoms with E-state index in [9.17, 15) is 4.79 Å². The van der Waals surface area contributed by atoms with Gasteiger partial charge >= 0.3 is 0 Å². The Morgan fingerprint density at radius 3 is 2.38 bits per heavy atom. The highest BCUT2D eigenvalue weighted by Gasteiger charge is 2.21. The van der Waals surface area contributed by atoms with E-state index in [1.807, 2.05) is 13.8 Å². The number of carbonyl (C=O) groups is 1. The molecule has 0 aliphatic rings. The van der Waals surface area contributed by atoms with Crippen LogP contribution >= 0.6 is 0 Å². The topological polar surface area (TPSA) is 76.2 Å². The number of methoxy groups -OCH3 is 2. The molecule has 0 unspecified atom stereocenters. The summed E-state index contributed by atoms with van der Waals surface area (Å²) in [5, 5.41) is 2.88. The van der Waals surface area contributed by atoms with E-state index in [4.69, 9.17) is 9.47 Å². The lowest BCUT2D eigenvalue weighted by molar-refractivity contribution is 0.0932. The van der Waals surface area contributed by atoms with Gasteiger partial charge in [0.1, 0.15) is 22.9 Å². The third-order valence-electron chi connectivity index (χ3n) is 3.14. The summed E-state index contributed by atoms with van der Waals surface area (Å²) < 4.78 is 10.5. The molecule has 0 aliphatic carbocycles. The molecule has 6 nitrogen and oxygen atoms in total. The molecular formula is C15H19N3O3. The molecule has 1 aromatic heterocycles. The molecule has 0 saturated heterocycles. The molecule has 2 rings (SSSR count). The molecule has 1 heterocycles. The summed E-state index contributed by atoms with van der Waals surface area (Å²) >= 11 is 0.